The SMILES string of the molecule is CN=C(NCC(C)(C)SC)NC1CCN(CC2CCOC2)CC1. The number of hydrogen-bond donors (Lipinski definition) is 2. The average molecular weight is 343 g/mol. The van der Waals surface area contributed by atoms with Crippen LogP contribution in [-0.4, -0.2) is 74.3 Å². The van der Waals surface area contributed by atoms with Crippen LogP contribution < -0.4 is 10.6 Å². The normalized spacial score (nSPS) is 24.9. The first kappa shape index (κ1) is 18.9. The highest BCUT2D eigenvalue weighted by molar-refractivity contribution is 7.99. The maximum absolute atomic E-state index is 5.49. The highest BCUT2D eigenvalue weighted by atomic mass is 32.2. The molecule has 2 aliphatic rings. The summed E-state index contributed by atoms with van der Waals surface area (Å²) in [6, 6.07) is 0.537. The molecule has 0 radical (unpaired) electrons. The second-order valence-electron chi connectivity index (χ2n) is 7.34. The molecule has 2 N–H and O–H groups in total. The third-order valence-electron chi connectivity index (χ3n) is 4.93. The Balaban J connectivity index is 1.67. The first-order chi connectivity index (χ1) is 11.0. The van der Waals surface area contributed by atoms with Crippen molar-refractivity contribution in [3.05, 3.63) is 0 Å². The molecule has 2 rings (SSSR count). The second-order valence-corrected chi connectivity index (χ2v) is 8.85. The van der Waals surface area contributed by atoms with E-state index in [1.807, 2.05) is 18.8 Å². The smallest absolute Gasteiger partial charge is 0.191 e. The van der Waals surface area contributed by atoms with Crippen molar-refractivity contribution in [1.82, 2.24) is 15.5 Å². The Bertz CT molecular complexity index is 375. The van der Waals surface area contributed by atoms with Crippen LogP contribution >= 0.6 is 11.8 Å². The van der Waals surface area contributed by atoms with Crippen molar-refractivity contribution in [2.75, 3.05) is 52.7 Å². The van der Waals surface area contributed by atoms with Gasteiger partial charge in [0.2, 0.25) is 0 Å². The topological polar surface area (TPSA) is 48.9 Å². The average Bonchev–Trinajstić information content (AvgIpc) is 3.06. The Morgan fingerprint density at radius 3 is 2.61 bits per heavy atom. The lowest BCUT2D eigenvalue weighted by Gasteiger charge is -2.34. The summed E-state index contributed by atoms with van der Waals surface area (Å²) in [5.41, 5.74) is 0. The number of nitrogens with zero attached hydrogens (tertiary/aromatic N) is 2. The number of hydrogen-bond acceptors (Lipinski definition) is 4. The van der Waals surface area contributed by atoms with Crippen LogP contribution in [0.15, 0.2) is 4.99 Å². The molecule has 23 heavy (non-hydrogen) atoms. The number of ether oxygens (including phenoxy) is 1. The van der Waals surface area contributed by atoms with Crippen molar-refractivity contribution in [2.24, 2.45) is 10.9 Å². The molecular weight excluding hydrogens is 308 g/mol. The van der Waals surface area contributed by atoms with Gasteiger partial charge in [0.25, 0.3) is 0 Å². The Morgan fingerprint density at radius 2 is 2.04 bits per heavy atom. The molecular formula is C17H34N4OS. The maximum atomic E-state index is 5.49. The third-order valence-corrected chi connectivity index (χ3v) is 6.18. The molecule has 0 saturated carbocycles. The van der Waals surface area contributed by atoms with Crippen molar-refractivity contribution in [1.29, 1.82) is 0 Å². The lowest BCUT2D eigenvalue weighted by atomic mass is 10.0. The molecule has 2 fully saturated rings. The largest absolute Gasteiger partial charge is 0.381 e. The van der Waals surface area contributed by atoms with Gasteiger partial charge >= 0.3 is 0 Å². The number of piperidine rings is 1. The van der Waals surface area contributed by atoms with Crippen LogP contribution in [0.3, 0.4) is 0 Å². The predicted molar refractivity (Wildman–Crippen MR) is 100 cm³/mol. The minimum atomic E-state index is 0.227. The molecule has 2 heterocycles. The van der Waals surface area contributed by atoms with E-state index in [0.29, 0.717) is 6.04 Å². The number of guanidine groups is 1. The summed E-state index contributed by atoms with van der Waals surface area (Å²) in [5, 5.41) is 7.06. The van der Waals surface area contributed by atoms with Crippen molar-refractivity contribution < 1.29 is 4.74 Å². The highest BCUT2D eigenvalue weighted by Crippen LogP contribution is 2.20. The summed E-state index contributed by atoms with van der Waals surface area (Å²) in [5.74, 6) is 1.69. The minimum absolute atomic E-state index is 0.227. The van der Waals surface area contributed by atoms with Gasteiger partial charge in [0.15, 0.2) is 5.96 Å². The molecule has 134 valence electrons. The van der Waals surface area contributed by atoms with E-state index in [0.717, 1.165) is 31.6 Å². The summed E-state index contributed by atoms with van der Waals surface area (Å²) in [6.45, 7) is 10.9. The molecule has 0 bridgehead atoms. The van der Waals surface area contributed by atoms with E-state index in [9.17, 15) is 0 Å². The number of aliphatic imine (C=N–C) groups is 1. The number of thioether (sulfide) groups is 1. The van der Waals surface area contributed by atoms with Crippen LogP contribution in [0, 0.1) is 5.92 Å². The predicted octanol–water partition coefficient (Wildman–Crippen LogP) is 1.79. The van der Waals surface area contributed by atoms with E-state index in [2.05, 4.69) is 40.6 Å². The van der Waals surface area contributed by atoms with Gasteiger partial charge in [-0.1, -0.05) is 0 Å². The summed E-state index contributed by atoms with van der Waals surface area (Å²) in [4.78, 5) is 6.98. The van der Waals surface area contributed by atoms with Crippen LogP contribution in [0.2, 0.25) is 0 Å². The quantitative estimate of drug-likeness (QED) is 0.569. The van der Waals surface area contributed by atoms with E-state index in [1.54, 1.807) is 0 Å². The lowest BCUT2D eigenvalue weighted by Crippen LogP contribution is -2.51. The van der Waals surface area contributed by atoms with Crippen LogP contribution in [-0.2, 0) is 4.74 Å². The standard InChI is InChI=1S/C17H34N4OS/c1-17(2,23-4)13-19-16(18-3)20-15-5-8-21(9-6-15)11-14-7-10-22-12-14/h14-15H,5-13H2,1-4H3,(H2,18,19,20). The van der Waals surface area contributed by atoms with Crippen molar-refractivity contribution >= 4 is 17.7 Å². The molecule has 2 aliphatic heterocycles. The lowest BCUT2D eigenvalue weighted by molar-refractivity contribution is 0.150. The van der Waals surface area contributed by atoms with Gasteiger partial charge in [0, 0.05) is 50.6 Å². The highest BCUT2D eigenvalue weighted by Gasteiger charge is 2.24. The maximum Gasteiger partial charge on any atom is 0.191 e. The molecule has 6 heteroatoms. The molecule has 0 amide bonds. The van der Waals surface area contributed by atoms with Gasteiger partial charge in [-0.2, -0.15) is 11.8 Å². The van der Waals surface area contributed by atoms with E-state index in [1.165, 1.54) is 38.9 Å². The fraction of sp³-hybridized carbons (Fsp3) is 0.941. The molecule has 0 aromatic heterocycles. The van der Waals surface area contributed by atoms with Gasteiger partial charge in [-0.15, -0.1) is 0 Å². The Hall–Kier alpha value is -0.460. The minimum Gasteiger partial charge on any atom is -0.381 e. The zero-order chi connectivity index (χ0) is 16.7. The summed E-state index contributed by atoms with van der Waals surface area (Å²) < 4.78 is 5.71. The molecule has 0 aromatic carbocycles. The van der Waals surface area contributed by atoms with Gasteiger partial charge in [0.05, 0.1) is 6.61 Å². The van der Waals surface area contributed by atoms with Crippen LogP contribution in [0.25, 0.3) is 0 Å². The van der Waals surface area contributed by atoms with Gasteiger partial charge < -0.3 is 20.3 Å². The van der Waals surface area contributed by atoms with Crippen LogP contribution in [0.1, 0.15) is 33.1 Å². The molecule has 5 nitrogen and oxygen atoms in total. The fourth-order valence-electron chi connectivity index (χ4n) is 3.11. The molecule has 0 spiro atoms. The van der Waals surface area contributed by atoms with Crippen LogP contribution in [0.4, 0.5) is 0 Å². The Labute approximate surface area is 146 Å². The monoisotopic (exact) mass is 342 g/mol. The zero-order valence-corrected chi connectivity index (χ0v) is 16.0. The molecule has 0 aromatic rings. The van der Waals surface area contributed by atoms with E-state index in [-0.39, 0.29) is 4.75 Å². The summed E-state index contributed by atoms with van der Waals surface area (Å²) in [7, 11) is 1.86. The van der Waals surface area contributed by atoms with Gasteiger partial charge in [-0.25, -0.2) is 0 Å². The Kier molecular flexibility index (Phi) is 7.50. The zero-order valence-electron chi connectivity index (χ0n) is 15.2. The molecule has 0 aliphatic carbocycles. The number of rotatable bonds is 6. The van der Waals surface area contributed by atoms with Gasteiger partial charge in [0.1, 0.15) is 0 Å². The van der Waals surface area contributed by atoms with Crippen molar-refractivity contribution in [3.8, 4) is 0 Å². The van der Waals surface area contributed by atoms with E-state index >= 15 is 0 Å². The van der Waals surface area contributed by atoms with Crippen molar-refractivity contribution in [2.45, 2.75) is 43.9 Å². The van der Waals surface area contributed by atoms with Crippen molar-refractivity contribution in [3.63, 3.8) is 0 Å². The van der Waals surface area contributed by atoms with E-state index < -0.39 is 0 Å². The molecule has 2 saturated heterocycles. The van der Waals surface area contributed by atoms with Crippen LogP contribution in [0.5, 0.6) is 0 Å². The molecule has 1 unspecified atom stereocenters. The first-order valence-corrected chi connectivity index (χ1v) is 10.1. The third kappa shape index (κ3) is 6.51. The van der Waals surface area contributed by atoms with Gasteiger partial charge in [-0.3, -0.25) is 4.99 Å². The summed E-state index contributed by atoms with van der Waals surface area (Å²) >= 11 is 1.88. The first-order valence-electron chi connectivity index (χ1n) is 8.85. The Morgan fingerprint density at radius 1 is 1.30 bits per heavy atom. The molecule has 1 atom stereocenters. The van der Waals surface area contributed by atoms with E-state index in [4.69, 9.17) is 4.74 Å². The summed E-state index contributed by atoms with van der Waals surface area (Å²) in [6.07, 6.45) is 5.78. The number of nitrogens with one attached hydrogen (secondary N) is 2. The fourth-order valence-corrected chi connectivity index (χ4v) is 3.33. The second kappa shape index (κ2) is 9.14. The number of likely N-dealkylation sites (tertiary alicyclic amines) is 1. The van der Waals surface area contributed by atoms with Gasteiger partial charge in [-0.05, 0) is 45.3 Å².